The molecule has 0 amide bonds. The van der Waals surface area contributed by atoms with Crippen molar-refractivity contribution in [3.8, 4) is 0 Å². The van der Waals surface area contributed by atoms with Crippen molar-refractivity contribution in [3.63, 3.8) is 0 Å². The number of nitrogens with two attached hydrogens (primary N) is 1. The van der Waals surface area contributed by atoms with E-state index < -0.39 is 0 Å². The topological polar surface area (TPSA) is 35.2 Å². The highest BCUT2D eigenvalue weighted by molar-refractivity contribution is 5.56. The maximum Gasteiger partial charge on any atom is 0.111 e. The number of nitrogen functional groups attached to an aromatic ring is 1. The summed E-state index contributed by atoms with van der Waals surface area (Å²) in [6.07, 6.45) is 3.71. The first-order valence-electron chi connectivity index (χ1n) is 4.99. The second-order valence-corrected chi connectivity index (χ2v) is 2.67. The van der Waals surface area contributed by atoms with Gasteiger partial charge in [0.1, 0.15) is 5.76 Å². The summed E-state index contributed by atoms with van der Waals surface area (Å²) in [5, 5.41) is 0. The predicted octanol–water partition coefficient (Wildman–Crippen LogP) is 3.47. The Morgan fingerprint density at radius 1 is 1.40 bits per heavy atom. The van der Waals surface area contributed by atoms with E-state index in [9.17, 15) is 0 Å². The molecule has 1 rings (SSSR count). The number of hydrogen-bond acceptors (Lipinski definition) is 2. The maximum atomic E-state index is 5.61. The summed E-state index contributed by atoms with van der Waals surface area (Å²) in [4.78, 5) is 0. The largest absolute Gasteiger partial charge is 0.497 e. The Kier molecular flexibility index (Phi) is 6.81. The second kappa shape index (κ2) is 7.68. The van der Waals surface area contributed by atoms with E-state index in [1.807, 2.05) is 44.2 Å². The number of hydrogen-bond donors (Lipinski definition) is 1. The van der Waals surface area contributed by atoms with Crippen LogP contribution in [0.25, 0.3) is 6.08 Å². The lowest BCUT2D eigenvalue weighted by atomic mass is 10.2. The fourth-order valence-electron chi connectivity index (χ4n) is 0.920. The molecule has 1 aromatic carbocycles. The van der Waals surface area contributed by atoms with Crippen LogP contribution in [0.3, 0.4) is 0 Å². The van der Waals surface area contributed by atoms with Gasteiger partial charge in [0.2, 0.25) is 0 Å². The molecular formula is C13H19NO. The van der Waals surface area contributed by atoms with Gasteiger partial charge in [-0.15, -0.1) is 0 Å². The summed E-state index contributed by atoms with van der Waals surface area (Å²) in [5.41, 5.74) is 7.40. The van der Waals surface area contributed by atoms with Crippen molar-refractivity contribution in [2.75, 3.05) is 12.8 Å². The van der Waals surface area contributed by atoms with Gasteiger partial charge in [-0.1, -0.05) is 38.6 Å². The lowest BCUT2D eigenvalue weighted by Gasteiger charge is -1.97. The highest BCUT2D eigenvalue weighted by Gasteiger charge is 1.88. The van der Waals surface area contributed by atoms with Crippen LogP contribution in [0.4, 0.5) is 5.69 Å². The molecule has 0 atom stereocenters. The third-order valence-electron chi connectivity index (χ3n) is 1.63. The summed E-state index contributed by atoms with van der Waals surface area (Å²) >= 11 is 0. The number of methoxy groups -OCH3 is 1. The number of anilines is 1. The smallest absolute Gasteiger partial charge is 0.111 e. The van der Waals surface area contributed by atoms with Crippen molar-refractivity contribution in [1.29, 1.82) is 0 Å². The SMILES string of the molecule is C=C(/C=C/c1cccc(N)c1)OC.CC. The van der Waals surface area contributed by atoms with E-state index in [4.69, 9.17) is 10.5 Å². The fraction of sp³-hybridized carbons (Fsp3) is 0.231. The standard InChI is InChI=1S/C11H13NO.C2H6/c1-9(13-2)6-7-10-4-3-5-11(12)8-10;1-2/h3-8H,1,12H2,2H3;1-2H3/b7-6+;. The molecule has 2 nitrogen and oxygen atoms in total. The fourth-order valence-corrected chi connectivity index (χ4v) is 0.920. The Morgan fingerprint density at radius 2 is 2.07 bits per heavy atom. The molecule has 0 unspecified atom stereocenters. The molecule has 2 N–H and O–H groups in total. The molecule has 0 aromatic heterocycles. The molecule has 0 fully saturated rings. The van der Waals surface area contributed by atoms with Crippen molar-refractivity contribution in [1.82, 2.24) is 0 Å². The molecule has 0 saturated heterocycles. The minimum Gasteiger partial charge on any atom is -0.497 e. The first kappa shape index (κ1) is 13.3. The van der Waals surface area contributed by atoms with Gasteiger partial charge in [-0.05, 0) is 23.8 Å². The molecule has 1 aromatic rings. The van der Waals surface area contributed by atoms with Crippen molar-refractivity contribution >= 4 is 11.8 Å². The predicted molar refractivity (Wildman–Crippen MR) is 67.4 cm³/mol. The van der Waals surface area contributed by atoms with Crippen molar-refractivity contribution in [2.45, 2.75) is 13.8 Å². The Labute approximate surface area is 92.1 Å². The van der Waals surface area contributed by atoms with Crippen molar-refractivity contribution in [3.05, 3.63) is 48.2 Å². The maximum absolute atomic E-state index is 5.61. The minimum absolute atomic E-state index is 0.627. The highest BCUT2D eigenvalue weighted by atomic mass is 16.5. The van der Waals surface area contributed by atoms with E-state index in [1.165, 1.54) is 0 Å². The molecular weight excluding hydrogens is 186 g/mol. The number of ether oxygens (including phenoxy) is 1. The van der Waals surface area contributed by atoms with E-state index in [0.29, 0.717) is 5.76 Å². The summed E-state index contributed by atoms with van der Waals surface area (Å²) in [5.74, 6) is 0.627. The number of benzene rings is 1. The third-order valence-corrected chi connectivity index (χ3v) is 1.63. The van der Waals surface area contributed by atoms with Crippen LogP contribution in [0.1, 0.15) is 19.4 Å². The van der Waals surface area contributed by atoms with Crippen LogP contribution >= 0.6 is 0 Å². The van der Waals surface area contributed by atoms with Crippen LogP contribution in [-0.4, -0.2) is 7.11 Å². The van der Waals surface area contributed by atoms with E-state index in [1.54, 1.807) is 13.2 Å². The molecule has 15 heavy (non-hydrogen) atoms. The van der Waals surface area contributed by atoms with Crippen LogP contribution in [0.15, 0.2) is 42.7 Å². The molecule has 0 aliphatic carbocycles. The minimum atomic E-state index is 0.627. The van der Waals surface area contributed by atoms with Crippen LogP contribution in [-0.2, 0) is 4.74 Å². The zero-order valence-corrected chi connectivity index (χ0v) is 9.66. The lowest BCUT2D eigenvalue weighted by molar-refractivity contribution is 0.309. The average Bonchev–Trinajstić information content (AvgIpc) is 2.29. The average molecular weight is 205 g/mol. The molecule has 0 aliphatic rings. The van der Waals surface area contributed by atoms with Gasteiger partial charge < -0.3 is 10.5 Å². The van der Waals surface area contributed by atoms with Gasteiger partial charge in [-0.2, -0.15) is 0 Å². The monoisotopic (exact) mass is 205 g/mol. The normalized spacial score (nSPS) is 9.27. The van der Waals surface area contributed by atoms with Gasteiger partial charge in [-0.3, -0.25) is 0 Å². The zero-order chi connectivity index (χ0) is 11.7. The van der Waals surface area contributed by atoms with Gasteiger partial charge in [0.25, 0.3) is 0 Å². The molecule has 0 aliphatic heterocycles. The Hall–Kier alpha value is -1.70. The van der Waals surface area contributed by atoms with Crippen LogP contribution < -0.4 is 5.73 Å². The first-order chi connectivity index (χ1) is 7.22. The van der Waals surface area contributed by atoms with Gasteiger partial charge >= 0.3 is 0 Å². The van der Waals surface area contributed by atoms with E-state index >= 15 is 0 Å². The van der Waals surface area contributed by atoms with Crippen molar-refractivity contribution in [2.24, 2.45) is 0 Å². The molecule has 0 heterocycles. The summed E-state index contributed by atoms with van der Waals surface area (Å²) in [6, 6.07) is 7.61. The van der Waals surface area contributed by atoms with Gasteiger partial charge in [0.05, 0.1) is 7.11 Å². The van der Waals surface area contributed by atoms with Crippen LogP contribution in [0, 0.1) is 0 Å². The Morgan fingerprint density at radius 3 is 2.60 bits per heavy atom. The molecule has 82 valence electrons. The number of rotatable bonds is 3. The zero-order valence-electron chi connectivity index (χ0n) is 9.66. The molecule has 2 heteroatoms. The lowest BCUT2D eigenvalue weighted by Crippen LogP contribution is -1.84. The second-order valence-electron chi connectivity index (χ2n) is 2.67. The Bertz CT molecular complexity index is 329. The van der Waals surface area contributed by atoms with Crippen LogP contribution in [0.5, 0.6) is 0 Å². The third kappa shape index (κ3) is 5.57. The van der Waals surface area contributed by atoms with Crippen molar-refractivity contribution < 1.29 is 4.74 Å². The van der Waals surface area contributed by atoms with Gasteiger partial charge in [0.15, 0.2) is 0 Å². The highest BCUT2D eigenvalue weighted by Crippen LogP contribution is 2.09. The molecule has 0 saturated carbocycles. The molecule has 0 bridgehead atoms. The van der Waals surface area contributed by atoms with Gasteiger partial charge in [-0.25, -0.2) is 0 Å². The first-order valence-corrected chi connectivity index (χ1v) is 4.99. The summed E-state index contributed by atoms with van der Waals surface area (Å²) in [6.45, 7) is 7.67. The summed E-state index contributed by atoms with van der Waals surface area (Å²) in [7, 11) is 1.59. The summed E-state index contributed by atoms with van der Waals surface area (Å²) < 4.78 is 4.89. The number of allylic oxidation sites excluding steroid dienone is 1. The van der Waals surface area contributed by atoms with Gasteiger partial charge in [0, 0.05) is 5.69 Å². The Balaban J connectivity index is 0.000000921. The van der Waals surface area contributed by atoms with E-state index in [2.05, 4.69) is 6.58 Å². The quantitative estimate of drug-likeness (QED) is 0.466. The molecule has 0 radical (unpaired) electrons. The van der Waals surface area contributed by atoms with Crippen LogP contribution in [0.2, 0.25) is 0 Å². The van der Waals surface area contributed by atoms with E-state index in [0.717, 1.165) is 11.3 Å². The van der Waals surface area contributed by atoms with E-state index in [-0.39, 0.29) is 0 Å². The molecule has 0 spiro atoms.